The molecule has 4 heteroatoms. The number of halogens is 1. The van der Waals surface area contributed by atoms with Gasteiger partial charge in [-0.25, -0.2) is 0 Å². The normalized spacial score (nSPS) is 19.7. The second-order valence-electron chi connectivity index (χ2n) is 5.18. The Morgan fingerprint density at radius 1 is 1.50 bits per heavy atom. The zero-order chi connectivity index (χ0) is 13.3. The molecule has 0 saturated heterocycles. The van der Waals surface area contributed by atoms with Crippen molar-refractivity contribution >= 4 is 21.8 Å². The maximum Gasteiger partial charge on any atom is 0.237 e. The first-order chi connectivity index (χ1) is 8.50. The van der Waals surface area contributed by atoms with Crippen molar-refractivity contribution in [2.24, 2.45) is 11.7 Å². The summed E-state index contributed by atoms with van der Waals surface area (Å²) in [6, 6.07) is 5.81. The number of carbonyl (C=O) groups excluding carboxylic acids is 1. The standard InChI is InChI=1S/C14H19BrN2O/c1-8(2)13(16)14(18)17-12-7-6-9-10(12)4-3-5-11(9)15/h3-5,8,12-13H,6-7,16H2,1-2H3,(H,17,18)/t12?,13-/m0/s1. The van der Waals surface area contributed by atoms with Crippen LogP contribution in [0.1, 0.15) is 37.4 Å². The van der Waals surface area contributed by atoms with Crippen molar-refractivity contribution in [2.45, 2.75) is 38.8 Å². The van der Waals surface area contributed by atoms with Crippen LogP contribution in [0.25, 0.3) is 0 Å². The SMILES string of the molecule is CC(C)[C@H](N)C(=O)NC1CCc2c(Br)cccc21. The van der Waals surface area contributed by atoms with Crippen LogP contribution in [0.3, 0.4) is 0 Å². The lowest BCUT2D eigenvalue weighted by Crippen LogP contribution is -2.44. The minimum atomic E-state index is -0.429. The van der Waals surface area contributed by atoms with Crippen LogP contribution in [-0.4, -0.2) is 11.9 Å². The minimum absolute atomic E-state index is 0.0529. The van der Waals surface area contributed by atoms with Gasteiger partial charge in [-0.1, -0.05) is 41.9 Å². The number of benzene rings is 1. The van der Waals surface area contributed by atoms with Crippen LogP contribution >= 0.6 is 15.9 Å². The Balaban J connectivity index is 2.11. The first-order valence-electron chi connectivity index (χ1n) is 6.34. The number of nitrogens with two attached hydrogens (primary N) is 1. The molecule has 1 unspecified atom stereocenters. The van der Waals surface area contributed by atoms with E-state index in [1.165, 1.54) is 11.1 Å². The second-order valence-corrected chi connectivity index (χ2v) is 6.03. The van der Waals surface area contributed by atoms with Gasteiger partial charge in [-0.3, -0.25) is 4.79 Å². The Hall–Kier alpha value is -0.870. The Kier molecular flexibility index (Phi) is 4.07. The molecule has 0 spiro atoms. The van der Waals surface area contributed by atoms with Crippen molar-refractivity contribution in [2.75, 3.05) is 0 Å². The van der Waals surface area contributed by atoms with E-state index in [1.54, 1.807) is 0 Å². The fourth-order valence-electron chi connectivity index (χ4n) is 2.33. The van der Waals surface area contributed by atoms with Gasteiger partial charge in [0.05, 0.1) is 12.1 Å². The Morgan fingerprint density at radius 2 is 2.22 bits per heavy atom. The van der Waals surface area contributed by atoms with E-state index in [9.17, 15) is 4.79 Å². The third-order valence-corrected chi connectivity index (χ3v) is 4.29. The molecule has 0 bridgehead atoms. The first-order valence-corrected chi connectivity index (χ1v) is 7.13. The number of fused-ring (bicyclic) bond motifs is 1. The fraction of sp³-hybridized carbons (Fsp3) is 0.500. The number of amides is 1. The van der Waals surface area contributed by atoms with Crippen LogP contribution in [0.5, 0.6) is 0 Å². The van der Waals surface area contributed by atoms with E-state index >= 15 is 0 Å². The van der Waals surface area contributed by atoms with Gasteiger partial charge in [0, 0.05) is 4.47 Å². The van der Waals surface area contributed by atoms with Gasteiger partial charge in [0.1, 0.15) is 0 Å². The zero-order valence-corrected chi connectivity index (χ0v) is 12.3. The van der Waals surface area contributed by atoms with E-state index in [-0.39, 0.29) is 17.9 Å². The maximum atomic E-state index is 12.0. The summed E-state index contributed by atoms with van der Waals surface area (Å²) in [5, 5.41) is 3.06. The summed E-state index contributed by atoms with van der Waals surface area (Å²) in [7, 11) is 0. The van der Waals surface area contributed by atoms with Crippen molar-refractivity contribution in [3.63, 3.8) is 0 Å². The molecule has 1 aliphatic rings. The van der Waals surface area contributed by atoms with Crippen LogP contribution in [0.4, 0.5) is 0 Å². The van der Waals surface area contributed by atoms with Gasteiger partial charge in [0.15, 0.2) is 0 Å². The monoisotopic (exact) mass is 310 g/mol. The van der Waals surface area contributed by atoms with Crippen molar-refractivity contribution in [1.29, 1.82) is 0 Å². The quantitative estimate of drug-likeness (QED) is 0.901. The lowest BCUT2D eigenvalue weighted by Gasteiger charge is -2.20. The summed E-state index contributed by atoms with van der Waals surface area (Å²) in [5.41, 5.74) is 8.39. The van der Waals surface area contributed by atoms with E-state index in [1.807, 2.05) is 26.0 Å². The molecule has 0 fully saturated rings. The second kappa shape index (κ2) is 5.41. The van der Waals surface area contributed by atoms with E-state index in [0.29, 0.717) is 0 Å². The Bertz CT molecular complexity index is 459. The number of carbonyl (C=O) groups is 1. The molecule has 2 rings (SSSR count). The molecule has 98 valence electrons. The number of nitrogens with one attached hydrogen (secondary N) is 1. The van der Waals surface area contributed by atoms with Gasteiger partial charge >= 0.3 is 0 Å². The Labute approximate surface area is 116 Å². The van der Waals surface area contributed by atoms with Gasteiger partial charge in [0.2, 0.25) is 5.91 Å². The number of rotatable bonds is 3. The fourth-order valence-corrected chi connectivity index (χ4v) is 2.91. The van der Waals surface area contributed by atoms with E-state index in [4.69, 9.17) is 5.73 Å². The highest BCUT2D eigenvalue weighted by Gasteiger charge is 2.27. The predicted octanol–water partition coefficient (Wildman–Crippen LogP) is 2.54. The highest BCUT2D eigenvalue weighted by atomic mass is 79.9. The van der Waals surface area contributed by atoms with E-state index in [0.717, 1.165) is 17.3 Å². The summed E-state index contributed by atoms with van der Waals surface area (Å²) in [5.74, 6) is 0.108. The largest absolute Gasteiger partial charge is 0.348 e. The molecule has 1 aromatic carbocycles. The van der Waals surface area contributed by atoms with Crippen LogP contribution in [0, 0.1) is 5.92 Å². The van der Waals surface area contributed by atoms with Crippen molar-refractivity contribution in [3.8, 4) is 0 Å². The van der Waals surface area contributed by atoms with E-state index in [2.05, 4.69) is 27.3 Å². The highest BCUT2D eigenvalue weighted by molar-refractivity contribution is 9.10. The third kappa shape index (κ3) is 2.59. The molecule has 0 radical (unpaired) electrons. The average Bonchev–Trinajstić information content (AvgIpc) is 2.73. The van der Waals surface area contributed by atoms with Crippen LogP contribution in [0.15, 0.2) is 22.7 Å². The number of hydrogen-bond acceptors (Lipinski definition) is 2. The molecule has 3 nitrogen and oxygen atoms in total. The van der Waals surface area contributed by atoms with E-state index < -0.39 is 6.04 Å². The molecule has 1 aliphatic carbocycles. The van der Waals surface area contributed by atoms with Crippen LogP contribution in [-0.2, 0) is 11.2 Å². The summed E-state index contributed by atoms with van der Waals surface area (Å²) in [4.78, 5) is 12.0. The molecule has 1 amide bonds. The summed E-state index contributed by atoms with van der Waals surface area (Å²) >= 11 is 3.56. The van der Waals surface area contributed by atoms with Gasteiger partial charge in [-0.15, -0.1) is 0 Å². The first kappa shape index (κ1) is 13.6. The van der Waals surface area contributed by atoms with Gasteiger partial charge in [-0.2, -0.15) is 0 Å². The Morgan fingerprint density at radius 3 is 2.89 bits per heavy atom. The average molecular weight is 311 g/mol. The lowest BCUT2D eigenvalue weighted by molar-refractivity contribution is -0.124. The zero-order valence-electron chi connectivity index (χ0n) is 10.7. The van der Waals surface area contributed by atoms with Crippen molar-refractivity contribution in [3.05, 3.63) is 33.8 Å². The third-order valence-electron chi connectivity index (χ3n) is 3.55. The van der Waals surface area contributed by atoms with Crippen LogP contribution < -0.4 is 11.1 Å². The molecule has 0 aliphatic heterocycles. The predicted molar refractivity (Wildman–Crippen MR) is 76.2 cm³/mol. The van der Waals surface area contributed by atoms with Crippen molar-refractivity contribution < 1.29 is 4.79 Å². The molecular weight excluding hydrogens is 292 g/mol. The molecule has 3 N–H and O–H groups in total. The number of hydrogen-bond donors (Lipinski definition) is 2. The molecule has 0 aromatic heterocycles. The van der Waals surface area contributed by atoms with Gasteiger partial charge < -0.3 is 11.1 Å². The summed E-state index contributed by atoms with van der Waals surface area (Å²) in [6.45, 7) is 3.92. The summed E-state index contributed by atoms with van der Waals surface area (Å²) in [6.07, 6.45) is 1.95. The minimum Gasteiger partial charge on any atom is -0.348 e. The van der Waals surface area contributed by atoms with Gasteiger partial charge in [-0.05, 0) is 36.0 Å². The summed E-state index contributed by atoms with van der Waals surface area (Å²) < 4.78 is 1.13. The topological polar surface area (TPSA) is 55.1 Å². The van der Waals surface area contributed by atoms with Crippen molar-refractivity contribution in [1.82, 2.24) is 5.32 Å². The molecule has 1 aromatic rings. The van der Waals surface area contributed by atoms with Crippen LogP contribution in [0.2, 0.25) is 0 Å². The highest BCUT2D eigenvalue weighted by Crippen LogP contribution is 2.35. The molecule has 18 heavy (non-hydrogen) atoms. The smallest absolute Gasteiger partial charge is 0.237 e. The molecule has 0 heterocycles. The maximum absolute atomic E-state index is 12.0. The lowest BCUT2D eigenvalue weighted by atomic mass is 10.0. The molecule has 2 atom stereocenters. The molecular formula is C14H19BrN2O. The molecule has 0 saturated carbocycles. The van der Waals surface area contributed by atoms with Gasteiger partial charge in [0.25, 0.3) is 0 Å².